The molecule has 1 aliphatic heterocycles. The van der Waals surface area contributed by atoms with Crippen molar-refractivity contribution in [2.75, 3.05) is 46.4 Å². The van der Waals surface area contributed by atoms with Gasteiger partial charge in [-0.3, -0.25) is 0 Å². The summed E-state index contributed by atoms with van der Waals surface area (Å²) in [6, 6.07) is 0. The number of hydrogen-bond acceptors (Lipinski definition) is 4. The lowest BCUT2D eigenvalue weighted by atomic mass is 10.0. The second kappa shape index (κ2) is 8.16. The molecule has 1 saturated heterocycles. The van der Waals surface area contributed by atoms with Gasteiger partial charge in [0.05, 0.1) is 6.61 Å². The lowest BCUT2D eigenvalue weighted by Crippen LogP contribution is -2.49. The van der Waals surface area contributed by atoms with Crippen LogP contribution < -0.4 is 5.73 Å². The summed E-state index contributed by atoms with van der Waals surface area (Å²) >= 11 is 0. The highest BCUT2D eigenvalue weighted by Gasteiger charge is 2.31. The molecule has 1 heterocycles. The van der Waals surface area contributed by atoms with Crippen molar-refractivity contribution in [2.24, 2.45) is 11.7 Å². The van der Waals surface area contributed by atoms with Gasteiger partial charge in [-0.1, -0.05) is 6.92 Å². The first-order valence-corrected chi connectivity index (χ1v) is 8.36. The van der Waals surface area contributed by atoms with Crippen LogP contribution in [0.5, 0.6) is 0 Å². The molecular formula is C12H27N3O3S. The van der Waals surface area contributed by atoms with Gasteiger partial charge < -0.3 is 10.5 Å². The summed E-state index contributed by atoms with van der Waals surface area (Å²) < 4.78 is 33.3. The predicted octanol–water partition coefficient (Wildman–Crippen LogP) is 0.260. The minimum Gasteiger partial charge on any atom is -0.383 e. The molecule has 0 aromatic heterocycles. The van der Waals surface area contributed by atoms with E-state index in [2.05, 4.69) is 6.92 Å². The molecular weight excluding hydrogens is 266 g/mol. The number of nitrogens with two attached hydrogens (primary N) is 1. The molecule has 1 unspecified atom stereocenters. The normalized spacial score (nSPS) is 22.0. The second-order valence-electron chi connectivity index (χ2n) is 5.15. The second-order valence-corrected chi connectivity index (χ2v) is 7.08. The summed E-state index contributed by atoms with van der Waals surface area (Å²) in [4.78, 5) is 0. The molecule has 6 nitrogen and oxygen atoms in total. The third-order valence-corrected chi connectivity index (χ3v) is 5.43. The summed E-state index contributed by atoms with van der Waals surface area (Å²) in [5, 5.41) is 0. The van der Waals surface area contributed by atoms with E-state index in [9.17, 15) is 8.42 Å². The Bertz CT molecular complexity index is 340. The van der Waals surface area contributed by atoms with Gasteiger partial charge in [0.1, 0.15) is 0 Å². The van der Waals surface area contributed by atoms with Gasteiger partial charge in [0.25, 0.3) is 10.2 Å². The molecule has 19 heavy (non-hydrogen) atoms. The van der Waals surface area contributed by atoms with E-state index < -0.39 is 10.2 Å². The number of hydrogen-bond donors (Lipinski definition) is 1. The van der Waals surface area contributed by atoms with Gasteiger partial charge in [0, 0.05) is 33.3 Å². The van der Waals surface area contributed by atoms with Crippen LogP contribution in [0.4, 0.5) is 0 Å². The van der Waals surface area contributed by atoms with Crippen molar-refractivity contribution in [1.82, 2.24) is 8.61 Å². The number of rotatable bonds is 8. The van der Waals surface area contributed by atoms with Gasteiger partial charge in [-0.2, -0.15) is 17.0 Å². The molecule has 2 N–H and O–H groups in total. The maximum absolute atomic E-state index is 12.6. The zero-order valence-corrected chi connectivity index (χ0v) is 12.9. The Morgan fingerprint density at radius 3 is 2.74 bits per heavy atom. The number of ether oxygens (including phenoxy) is 1. The molecule has 1 aliphatic rings. The van der Waals surface area contributed by atoms with Crippen LogP contribution in [0.1, 0.15) is 26.2 Å². The van der Waals surface area contributed by atoms with Crippen LogP contribution in [0.25, 0.3) is 0 Å². The number of nitrogens with zero attached hydrogens (tertiary/aromatic N) is 2. The fourth-order valence-corrected chi connectivity index (χ4v) is 4.12. The van der Waals surface area contributed by atoms with Crippen LogP contribution in [0.2, 0.25) is 0 Å². The van der Waals surface area contributed by atoms with E-state index in [-0.39, 0.29) is 0 Å². The van der Waals surface area contributed by atoms with Crippen molar-refractivity contribution >= 4 is 10.2 Å². The molecule has 0 aliphatic carbocycles. The van der Waals surface area contributed by atoms with Crippen LogP contribution >= 0.6 is 0 Å². The molecule has 1 rings (SSSR count). The third kappa shape index (κ3) is 5.00. The standard InChI is InChI=1S/C12H27N3O3S/c1-12-5-3-7-15(11-12)19(16,17)14(8-4-6-13)9-10-18-2/h12H,3-11,13H2,1-2H3. The van der Waals surface area contributed by atoms with E-state index in [1.165, 1.54) is 4.31 Å². The summed E-state index contributed by atoms with van der Waals surface area (Å²) in [6.07, 6.45) is 2.72. The van der Waals surface area contributed by atoms with E-state index in [4.69, 9.17) is 10.5 Å². The van der Waals surface area contributed by atoms with Crippen molar-refractivity contribution in [1.29, 1.82) is 0 Å². The van der Waals surface area contributed by atoms with Crippen molar-refractivity contribution in [3.8, 4) is 0 Å². The topological polar surface area (TPSA) is 75.9 Å². The molecule has 0 saturated carbocycles. The smallest absolute Gasteiger partial charge is 0.282 e. The monoisotopic (exact) mass is 293 g/mol. The molecule has 0 amide bonds. The largest absolute Gasteiger partial charge is 0.383 e. The SMILES string of the molecule is COCCN(CCCN)S(=O)(=O)N1CCCC(C)C1. The average molecular weight is 293 g/mol. The Kier molecular flexibility index (Phi) is 7.23. The first-order chi connectivity index (χ1) is 9.02. The quantitative estimate of drug-likeness (QED) is 0.696. The van der Waals surface area contributed by atoms with E-state index in [1.54, 1.807) is 11.4 Å². The Morgan fingerprint density at radius 1 is 1.42 bits per heavy atom. The zero-order chi connectivity index (χ0) is 14.3. The van der Waals surface area contributed by atoms with Crippen molar-refractivity contribution in [2.45, 2.75) is 26.2 Å². The Balaban J connectivity index is 2.72. The van der Waals surface area contributed by atoms with Gasteiger partial charge in [-0.15, -0.1) is 0 Å². The number of piperidine rings is 1. The molecule has 1 fully saturated rings. The highest BCUT2D eigenvalue weighted by Crippen LogP contribution is 2.20. The van der Waals surface area contributed by atoms with Crippen molar-refractivity contribution in [3.05, 3.63) is 0 Å². The van der Waals surface area contributed by atoms with Gasteiger partial charge in [0.15, 0.2) is 0 Å². The minimum atomic E-state index is -3.37. The zero-order valence-electron chi connectivity index (χ0n) is 12.0. The third-order valence-electron chi connectivity index (χ3n) is 3.43. The van der Waals surface area contributed by atoms with Crippen LogP contribution in [0.15, 0.2) is 0 Å². The van der Waals surface area contributed by atoms with Gasteiger partial charge in [-0.05, 0) is 31.7 Å². The Morgan fingerprint density at radius 2 is 2.16 bits per heavy atom. The molecule has 0 bridgehead atoms. The lowest BCUT2D eigenvalue weighted by molar-refractivity contribution is 0.172. The summed E-state index contributed by atoms with van der Waals surface area (Å²) in [5.74, 6) is 0.433. The molecule has 0 radical (unpaired) electrons. The van der Waals surface area contributed by atoms with Gasteiger partial charge in [0.2, 0.25) is 0 Å². The maximum atomic E-state index is 12.6. The van der Waals surface area contributed by atoms with Crippen LogP contribution in [-0.2, 0) is 14.9 Å². The molecule has 0 aromatic rings. The Hall–Kier alpha value is -0.210. The molecule has 7 heteroatoms. The summed E-state index contributed by atoms with van der Waals surface area (Å²) in [7, 11) is -1.79. The minimum absolute atomic E-state index is 0.393. The predicted molar refractivity (Wildman–Crippen MR) is 76.0 cm³/mol. The fraction of sp³-hybridized carbons (Fsp3) is 1.00. The first kappa shape index (κ1) is 16.8. The summed E-state index contributed by atoms with van der Waals surface area (Å²) in [6.45, 7) is 5.10. The fourth-order valence-electron chi connectivity index (χ4n) is 2.32. The molecule has 0 aromatic carbocycles. The molecule has 0 spiro atoms. The maximum Gasteiger partial charge on any atom is 0.282 e. The van der Waals surface area contributed by atoms with E-state index >= 15 is 0 Å². The Labute approximate surface area is 117 Å². The molecule has 1 atom stereocenters. The lowest BCUT2D eigenvalue weighted by Gasteiger charge is -2.34. The van der Waals surface area contributed by atoms with E-state index in [1.807, 2.05) is 0 Å². The van der Waals surface area contributed by atoms with Crippen molar-refractivity contribution in [3.63, 3.8) is 0 Å². The van der Waals surface area contributed by atoms with Crippen LogP contribution in [-0.4, -0.2) is 63.5 Å². The van der Waals surface area contributed by atoms with Gasteiger partial charge in [-0.25, -0.2) is 0 Å². The number of methoxy groups -OCH3 is 1. The van der Waals surface area contributed by atoms with E-state index in [0.29, 0.717) is 51.7 Å². The average Bonchev–Trinajstić information content (AvgIpc) is 2.38. The van der Waals surface area contributed by atoms with Crippen LogP contribution in [0, 0.1) is 5.92 Å². The highest BCUT2D eigenvalue weighted by atomic mass is 32.2. The highest BCUT2D eigenvalue weighted by molar-refractivity contribution is 7.86. The van der Waals surface area contributed by atoms with E-state index in [0.717, 1.165) is 12.8 Å². The molecule has 114 valence electrons. The summed E-state index contributed by atoms with van der Waals surface area (Å²) in [5.41, 5.74) is 5.48. The van der Waals surface area contributed by atoms with Gasteiger partial charge >= 0.3 is 0 Å². The van der Waals surface area contributed by atoms with Crippen LogP contribution in [0.3, 0.4) is 0 Å². The first-order valence-electron chi connectivity index (χ1n) is 6.96. The van der Waals surface area contributed by atoms with Crippen molar-refractivity contribution < 1.29 is 13.2 Å².